The van der Waals surface area contributed by atoms with Gasteiger partial charge in [-0.1, -0.05) is 37.0 Å². The summed E-state index contributed by atoms with van der Waals surface area (Å²) >= 11 is 12.0. The fourth-order valence-corrected chi connectivity index (χ4v) is 2.08. The molecule has 0 bridgehead atoms. The van der Waals surface area contributed by atoms with Crippen LogP contribution in [0.2, 0.25) is 10.0 Å². The lowest BCUT2D eigenvalue weighted by atomic mass is 9.99. The molecule has 2 nitrogen and oxygen atoms in total. The standard InChI is InChI=1S/C11H16Cl2N2.ClH/c1-7(2)3-4-10(14)11-8(12)5-15-6-9(11)13;/h5-7,10H,3-4,14H2,1-2H3;1H/t10-;/m0./s1. The van der Waals surface area contributed by atoms with Gasteiger partial charge >= 0.3 is 0 Å². The van der Waals surface area contributed by atoms with Gasteiger partial charge in [0, 0.05) is 24.0 Å². The zero-order valence-electron chi connectivity index (χ0n) is 9.41. The second kappa shape index (κ2) is 7.33. The highest BCUT2D eigenvalue weighted by atomic mass is 35.5. The van der Waals surface area contributed by atoms with E-state index in [1.807, 2.05) is 0 Å². The Morgan fingerprint density at radius 3 is 2.12 bits per heavy atom. The number of nitrogens with two attached hydrogens (primary N) is 1. The number of halogens is 3. The van der Waals surface area contributed by atoms with E-state index in [0.29, 0.717) is 16.0 Å². The first-order valence-corrected chi connectivity index (χ1v) is 5.82. The van der Waals surface area contributed by atoms with Crippen LogP contribution in [0.5, 0.6) is 0 Å². The van der Waals surface area contributed by atoms with Crippen LogP contribution in [0.1, 0.15) is 38.3 Å². The maximum atomic E-state index is 6.05. The van der Waals surface area contributed by atoms with Crippen LogP contribution in [0.3, 0.4) is 0 Å². The number of nitrogens with zero attached hydrogens (tertiary/aromatic N) is 1. The van der Waals surface area contributed by atoms with Gasteiger partial charge in [-0.15, -0.1) is 12.4 Å². The van der Waals surface area contributed by atoms with E-state index in [1.54, 1.807) is 12.4 Å². The van der Waals surface area contributed by atoms with Crippen LogP contribution < -0.4 is 5.73 Å². The predicted molar refractivity (Wildman–Crippen MR) is 72.5 cm³/mol. The summed E-state index contributed by atoms with van der Waals surface area (Å²) in [6, 6.07) is -0.101. The van der Waals surface area contributed by atoms with Crippen molar-refractivity contribution in [3.8, 4) is 0 Å². The summed E-state index contributed by atoms with van der Waals surface area (Å²) in [5.74, 6) is 0.635. The highest BCUT2D eigenvalue weighted by molar-refractivity contribution is 6.35. The molecule has 1 aromatic heterocycles. The van der Waals surface area contributed by atoms with E-state index in [2.05, 4.69) is 18.8 Å². The molecule has 2 N–H and O–H groups in total. The average Bonchev–Trinajstić information content (AvgIpc) is 2.14. The molecular weight excluding hydrogens is 266 g/mol. The van der Waals surface area contributed by atoms with E-state index < -0.39 is 0 Å². The monoisotopic (exact) mass is 282 g/mol. The van der Waals surface area contributed by atoms with Gasteiger partial charge in [0.05, 0.1) is 10.0 Å². The smallest absolute Gasteiger partial charge is 0.0651 e. The SMILES string of the molecule is CC(C)CC[C@H](N)c1c(Cl)cncc1Cl.Cl. The Hall–Kier alpha value is -0.0200. The third kappa shape index (κ3) is 4.46. The van der Waals surface area contributed by atoms with E-state index in [9.17, 15) is 0 Å². The normalized spacial score (nSPS) is 12.4. The summed E-state index contributed by atoms with van der Waals surface area (Å²) in [5.41, 5.74) is 6.86. The van der Waals surface area contributed by atoms with Crippen molar-refractivity contribution in [3.63, 3.8) is 0 Å². The first kappa shape index (κ1) is 16.0. The van der Waals surface area contributed by atoms with E-state index in [0.717, 1.165) is 18.4 Å². The molecule has 92 valence electrons. The second-order valence-corrected chi connectivity index (χ2v) is 4.91. The minimum Gasteiger partial charge on any atom is -0.324 e. The molecule has 0 saturated carbocycles. The number of rotatable bonds is 4. The summed E-state index contributed by atoms with van der Waals surface area (Å²) in [7, 11) is 0. The van der Waals surface area contributed by atoms with Gasteiger partial charge in [-0.3, -0.25) is 4.98 Å². The number of aromatic nitrogens is 1. The van der Waals surface area contributed by atoms with Gasteiger partial charge < -0.3 is 5.73 Å². The van der Waals surface area contributed by atoms with Gasteiger partial charge in [0.25, 0.3) is 0 Å². The van der Waals surface area contributed by atoms with Crippen LogP contribution in [0, 0.1) is 5.92 Å². The van der Waals surface area contributed by atoms with E-state index in [4.69, 9.17) is 28.9 Å². The van der Waals surface area contributed by atoms with E-state index in [-0.39, 0.29) is 18.4 Å². The fraction of sp³-hybridized carbons (Fsp3) is 0.545. The quantitative estimate of drug-likeness (QED) is 0.897. The molecule has 1 atom stereocenters. The topological polar surface area (TPSA) is 38.9 Å². The molecule has 1 rings (SSSR count). The molecule has 5 heteroatoms. The maximum absolute atomic E-state index is 6.05. The Bertz CT molecular complexity index is 309. The minimum absolute atomic E-state index is 0. The summed E-state index contributed by atoms with van der Waals surface area (Å²) in [4.78, 5) is 3.90. The number of hydrogen-bond acceptors (Lipinski definition) is 2. The van der Waals surface area contributed by atoms with Crippen molar-refractivity contribution in [2.45, 2.75) is 32.7 Å². The van der Waals surface area contributed by atoms with Gasteiger partial charge in [-0.25, -0.2) is 0 Å². The highest BCUT2D eigenvalue weighted by Gasteiger charge is 2.14. The molecule has 0 aliphatic carbocycles. The van der Waals surface area contributed by atoms with Crippen LogP contribution in [-0.2, 0) is 0 Å². The zero-order chi connectivity index (χ0) is 11.4. The molecular formula is C11H17Cl3N2. The Kier molecular flexibility index (Phi) is 7.32. The molecule has 0 aliphatic rings. The van der Waals surface area contributed by atoms with Crippen LogP contribution in [0.15, 0.2) is 12.4 Å². The third-order valence-electron chi connectivity index (χ3n) is 2.32. The van der Waals surface area contributed by atoms with Gasteiger partial charge in [0.1, 0.15) is 0 Å². The van der Waals surface area contributed by atoms with Crippen LogP contribution in [-0.4, -0.2) is 4.98 Å². The van der Waals surface area contributed by atoms with Crippen LogP contribution in [0.25, 0.3) is 0 Å². The molecule has 1 aromatic rings. The summed E-state index contributed by atoms with van der Waals surface area (Å²) in [6.07, 6.45) is 5.12. The molecule has 0 fully saturated rings. The maximum Gasteiger partial charge on any atom is 0.0651 e. The first-order valence-electron chi connectivity index (χ1n) is 5.06. The van der Waals surface area contributed by atoms with Gasteiger partial charge in [0.2, 0.25) is 0 Å². The Morgan fingerprint density at radius 2 is 1.69 bits per heavy atom. The predicted octanol–water partition coefficient (Wildman–Crippen LogP) is 4.25. The van der Waals surface area contributed by atoms with Gasteiger partial charge in [0.15, 0.2) is 0 Å². The summed E-state index contributed by atoms with van der Waals surface area (Å²) in [6.45, 7) is 4.34. The number of pyridine rings is 1. The molecule has 0 saturated heterocycles. The molecule has 0 aliphatic heterocycles. The van der Waals surface area contributed by atoms with Gasteiger partial charge in [-0.2, -0.15) is 0 Å². The highest BCUT2D eigenvalue weighted by Crippen LogP contribution is 2.30. The second-order valence-electron chi connectivity index (χ2n) is 4.09. The van der Waals surface area contributed by atoms with E-state index >= 15 is 0 Å². The molecule has 0 spiro atoms. The first-order chi connectivity index (χ1) is 7.02. The summed E-state index contributed by atoms with van der Waals surface area (Å²) < 4.78 is 0. The lowest BCUT2D eigenvalue weighted by Crippen LogP contribution is -2.12. The Morgan fingerprint density at radius 1 is 1.19 bits per heavy atom. The minimum atomic E-state index is -0.101. The Balaban J connectivity index is 0.00000225. The number of hydrogen-bond donors (Lipinski definition) is 1. The van der Waals surface area contributed by atoms with Gasteiger partial charge in [-0.05, 0) is 18.8 Å². The molecule has 0 aromatic carbocycles. The van der Waals surface area contributed by atoms with Crippen molar-refractivity contribution in [1.29, 1.82) is 0 Å². The van der Waals surface area contributed by atoms with E-state index in [1.165, 1.54) is 0 Å². The Labute approximate surface area is 113 Å². The average molecular weight is 284 g/mol. The van der Waals surface area contributed by atoms with Crippen molar-refractivity contribution in [3.05, 3.63) is 28.0 Å². The lowest BCUT2D eigenvalue weighted by molar-refractivity contribution is 0.507. The van der Waals surface area contributed by atoms with Crippen molar-refractivity contribution in [2.24, 2.45) is 11.7 Å². The third-order valence-corrected chi connectivity index (χ3v) is 2.92. The van der Waals surface area contributed by atoms with Crippen LogP contribution >= 0.6 is 35.6 Å². The van der Waals surface area contributed by atoms with Crippen molar-refractivity contribution < 1.29 is 0 Å². The van der Waals surface area contributed by atoms with Crippen molar-refractivity contribution >= 4 is 35.6 Å². The lowest BCUT2D eigenvalue weighted by Gasteiger charge is -2.15. The van der Waals surface area contributed by atoms with Crippen molar-refractivity contribution in [1.82, 2.24) is 4.98 Å². The summed E-state index contributed by atoms with van der Waals surface area (Å²) in [5, 5.41) is 1.11. The molecule has 0 radical (unpaired) electrons. The zero-order valence-corrected chi connectivity index (χ0v) is 11.7. The molecule has 0 amide bonds. The fourth-order valence-electron chi connectivity index (χ4n) is 1.43. The van der Waals surface area contributed by atoms with Crippen molar-refractivity contribution in [2.75, 3.05) is 0 Å². The molecule has 1 heterocycles. The molecule has 0 unspecified atom stereocenters. The largest absolute Gasteiger partial charge is 0.324 e. The molecule has 16 heavy (non-hydrogen) atoms. The van der Waals surface area contributed by atoms with Crippen LogP contribution in [0.4, 0.5) is 0 Å².